The summed E-state index contributed by atoms with van der Waals surface area (Å²) in [4.78, 5) is 2.43. The summed E-state index contributed by atoms with van der Waals surface area (Å²) in [7, 11) is 0. The van der Waals surface area contributed by atoms with Gasteiger partial charge >= 0.3 is 0 Å². The molecule has 0 fully saturated rings. The summed E-state index contributed by atoms with van der Waals surface area (Å²) < 4.78 is 0. The Hall–Kier alpha value is -6.44. The van der Waals surface area contributed by atoms with E-state index in [2.05, 4.69) is 221 Å². The van der Waals surface area contributed by atoms with Crippen LogP contribution in [0.15, 0.2) is 188 Å². The van der Waals surface area contributed by atoms with E-state index in [1.54, 1.807) is 0 Å². The van der Waals surface area contributed by atoms with Gasteiger partial charge in [0.1, 0.15) is 0 Å². The van der Waals surface area contributed by atoms with Crippen molar-refractivity contribution in [1.82, 2.24) is 0 Å². The van der Waals surface area contributed by atoms with E-state index < -0.39 is 0 Å². The predicted octanol–water partition coefficient (Wildman–Crippen LogP) is 15.1. The molecule has 1 aliphatic carbocycles. The number of allylic oxidation sites excluding steroid dienone is 4. The van der Waals surface area contributed by atoms with E-state index in [4.69, 9.17) is 0 Å². The molecule has 1 nitrogen and oxygen atoms in total. The van der Waals surface area contributed by atoms with E-state index in [1.165, 1.54) is 77.2 Å². The van der Waals surface area contributed by atoms with Gasteiger partial charge in [-0.2, -0.15) is 0 Å². The van der Waals surface area contributed by atoms with Crippen LogP contribution in [-0.2, 0) is 5.41 Å². The van der Waals surface area contributed by atoms with Crippen LogP contribution < -0.4 is 4.90 Å². The number of anilines is 3. The number of fused-ring (bicyclic) bond motifs is 6. The zero-order chi connectivity index (χ0) is 36.8. The molecule has 0 unspecified atom stereocenters. The molecule has 8 aromatic carbocycles. The molecule has 0 aliphatic heterocycles. The molecule has 0 N–H and O–H groups in total. The highest BCUT2D eigenvalue weighted by Gasteiger charge is 2.36. The Kier molecular flexibility index (Phi) is 8.36. The van der Waals surface area contributed by atoms with Crippen molar-refractivity contribution < 1.29 is 0 Å². The highest BCUT2D eigenvalue weighted by Crippen LogP contribution is 2.52. The summed E-state index contributed by atoms with van der Waals surface area (Å²) in [5.41, 5.74) is 15.9. The Labute approximate surface area is 319 Å². The molecular formula is C53H43N. The van der Waals surface area contributed by atoms with Crippen LogP contribution in [0, 0.1) is 0 Å². The van der Waals surface area contributed by atoms with Crippen LogP contribution in [0.4, 0.5) is 17.1 Å². The summed E-state index contributed by atoms with van der Waals surface area (Å²) >= 11 is 0. The Morgan fingerprint density at radius 2 is 1.09 bits per heavy atom. The quantitative estimate of drug-likeness (QED) is 0.119. The molecule has 0 radical (unpaired) electrons. The van der Waals surface area contributed by atoms with Gasteiger partial charge in [0.25, 0.3) is 0 Å². The molecule has 1 heteroatoms. The van der Waals surface area contributed by atoms with Crippen LogP contribution in [0.2, 0.25) is 0 Å². The first kappa shape index (κ1) is 33.4. The third-order valence-electron chi connectivity index (χ3n) is 11.3. The van der Waals surface area contributed by atoms with Crippen LogP contribution >= 0.6 is 0 Å². The highest BCUT2D eigenvalue weighted by atomic mass is 15.1. The van der Waals surface area contributed by atoms with Gasteiger partial charge in [-0.3, -0.25) is 0 Å². The van der Waals surface area contributed by atoms with Crippen molar-refractivity contribution in [2.45, 2.75) is 33.1 Å². The molecular weight excluding hydrogens is 651 g/mol. The van der Waals surface area contributed by atoms with E-state index in [-0.39, 0.29) is 5.41 Å². The monoisotopic (exact) mass is 693 g/mol. The second-order valence-electron chi connectivity index (χ2n) is 14.8. The zero-order valence-corrected chi connectivity index (χ0v) is 31.3. The van der Waals surface area contributed by atoms with Gasteiger partial charge in [-0.1, -0.05) is 159 Å². The number of para-hydroxylation sites is 1. The molecule has 0 bridgehead atoms. The largest absolute Gasteiger partial charge is 0.310 e. The summed E-state index contributed by atoms with van der Waals surface area (Å²) in [5.74, 6) is 0. The number of nitrogens with zero attached hydrogens (tertiary/aromatic N) is 1. The van der Waals surface area contributed by atoms with E-state index in [1.807, 2.05) is 0 Å². The fourth-order valence-electron chi connectivity index (χ4n) is 8.53. The summed E-state index contributed by atoms with van der Waals surface area (Å²) in [5, 5.41) is 5.14. The number of hydrogen-bond acceptors (Lipinski definition) is 1. The first-order valence-corrected chi connectivity index (χ1v) is 19.0. The molecule has 54 heavy (non-hydrogen) atoms. The van der Waals surface area contributed by atoms with Gasteiger partial charge in [-0.05, 0) is 128 Å². The van der Waals surface area contributed by atoms with Crippen LogP contribution in [0.3, 0.4) is 0 Å². The van der Waals surface area contributed by atoms with Crippen LogP contribution in [0.1, 0.15) is 44.4 Å². The topological polar surface area (TPSA) is 3.24 Å². The van der Waals surface area contributed by atoms with Gasteiger partial charge in [-0.25, -0.2) is 0 Å². The Balaban J connectivity index is 1.16. The zero-order valence-electron chi connectivity index (χ0n) is 31.3. The normalized spacial score (nSPS) is 13.4. The molecule has 0 heterocycles. The minimum absolute atomic E-state index is 0.192. The number of rotatable bonds is 7. The van der Waals surface area contributed by atoms with Crippen LogP contribution in [-0.4, -0.2) is 0 Å². The Morgan fingerprint density at radius 1 is 0.481 bits per heavy atom. The van der Waals surface area contributed by atoms with Crippen LogP contribution in [0.25, 0.3) is 60.5 Å². The summed E-state index contributed by atoms with van der Waals surface area (Å²) in [6.07, 6.45) is 6.44. The van der Waals surface area contributed by atoms with Gasteiger partial charge in [0.15, 0.2) is 0 Å². The summed E-state index contributed by atoms with van der Waals surface area (Å²) in [6, 6.07) is 62.7. The minimum atomic E-state index is -0.192. The Bertz CT molecular complexity index is 2750. The minimum Gasteiger partial charge on any atom is -0.310 e. The van der Waals surface area contributed by atoms with Crippen molar-refractivity contribution in [1.29, 1.82) is 0 Å². The molecule has 9 rings (SSSR count). The van der Waals surface area contributed by atoms with E-state index in [0.717, 1.165) is 17.1 Å². The average Bonchev–Trinajstić information content (AvgIpc) is 3.45. The molecule has 0 aromatic heterocycles. The lowest BCUT2D eigenvalue weighted by Gasteiger charge is -2.30. The number of hydrogen-bond donors (Lipinski definition) is 0. The molecule has 8 aromatic rings. The molecule has 1 aliphatic rings. The fraction of sp³-hybridized carbons (Fsp3) is 0.0943. The lowest BCUT2D eigenvalue weighted by molar-refractivity contribution is 0.660. The van der Waals surface area contributed by atoms with Crippen molar-refractivity contribution in [3.05, 3.63) is 205 Å². The van der Waals surface area contributed by atoms with Crippen LogP contribution in [0.5, 0.6) is 0 Å². The Morgan fingerprint density at radius 3 is 1.87 bits per heavy atom. The maximum absolute atomic E-state index is 2.44. The standard InChI is InChI=1S/C53H43N/c1-5-14-36(6-2)37-25-28-43(29-26-37)54(52-20-13-12-19-46(52)38-15-8-7-9-16-38)44-30-32-48-47-31-27-42(34-50(47)53(3,4)51(48)35-44)41-24-23-40-22-21-39-17-10-11-18-45(39)49(40)33-41/h5-35H,1-4H3/b14-5-,36-6+. The molecule has 0 atom stereocenters. The van der Waals surface area contributed by atoms with Crippen molar-refractivity contribution >= 4 is 44.2 Å². The highest BCUT2D eigenvalue weighted by molar-refractivity contribution is 6.08. The van der Waals surface area contributed by atoms with Gasteiger partial charge in [0.05, 0.1) is 5.69 Å². The molecule has 0 amide bonds. The maximum Gasteiger partial charge on any atom is 0.0540 e. The average molecular weight is 694 g/mol. The van der Waals surface area contributed by atoms with Crippen molar-refractivity contribution in [2.24, 2.45) is 0 Å². The van der Waals surface area contributed by atoms with Crippen molar-refractivity contribution in [3.63, 3.8) is 0 Å². The van der Waals surface area contributed by atoms with E-state index in [0.29, 0.717) is 0 Å². The van der Waals surface area contributed by atoms with Gasteiger partial charge in [-0.15, -0.1) is 0 Å². The maximum atomic E-state index is 2.44. The second kappa shape index (κ2) is 13.5. The molecule has 0 saturated heterocycles. The predicted molar refractivity (Wildman–Crippen MR) is 233 cm³/mol. The molecule has 0 spiro atoms. The third-order valence-corrected chi connectivity index (χ3v) is 11.3. The van der Waals surface area contributed by atoms with E-state index in [9.17, 15) is 0 Å². The van der Waals surface area contributed by atoms with E-state index >= 15 is 0 Å². The lowest BCUT2D eigenvalue weighted by Crippen LogP contribution is -2.17. The van der Waals surface area contributed by atoms with Gasteiger partial charge < -0.3 is 4.90 Å². The molecule has 260 valence electrons. The first-order chi connectivity index (χ1) is 26.4. The smallest absolute Gasteiger partial charge is 0.0540 e. The second-order valence-corrected chi connectivity index (χ2v) is 14.8. The SMILES string of the molecule is C/C=C\C(=C/C)c1ccc(N(c2ccc3c(c2)C(C)(C)c2cc(-c4ccc5ccc6ccccc6c5c4)ccc2-3)c2ccccc2-c2ccccc2)cc1. The van der Waals surface area contributed by atoms with Crippen molar-refractivity contribution in [3.8, 4) is 33.4 Å². The van der Waals surface area contributed by atoms with Gasteiger partial charge in [0.2, 0.25) is 0 Å². The third kappa shape index (κ3) is 5.65. The first-order valence-electron chi connectivity index (χ1n) is 19.0. The van der Waals surface area contributed by atoms with Gasteiger partial charge in [0, 0.05) is 22.4 Å². The van der Waals surface area contributed by atoms with Crippen molar-refractivity contribution in [2.75, 3.05) is 4.90 Å². The lowest BCUT2D eigenvalue weighted by atomic mass is 9.81. The summed E-state index contributed by atoms with van der Waals surface area (Å²) in [6.45, 7) is 8.94. The molecule has 0 saturated carbocycles. The fourth-order valence-corrected chi connectivity index (χ4v) is 8.53. The number of benzene rings is 8.